The number of carbonyl (C=O) groups is 2. The fourth-order valence-corrected chi connectivity index (χ4v) is 4.10. The van der Waals surface area contributed by atoms with Gasteiger partial charge in [0, 0.05) is 23.7 Å². The summed E-state index contributed by atoms with van der Waals surface area (Å²) in [6.45, 7) is 1.92. The number of halogens is 2. The molecule has 7 heteroatoms. The highest BCUT2D eigenvalue weighted by molar-refractivity contribution is 7.21. The Hall–Kier alpha value is -2.44. The third-order valence-electron chi connectivity index (χ3n) is 4.05. The van der Waals surface area contributed by atoms with E-state index >= 15 is 0 Å². The van der Waals surface area contributed by atoms with Crippen molar-refractivity contribution < 1.29 is 18.7 Å². The normalized spacial score (nSPS) is 12.0. The van der Waals surface area contributed by atoms with Gasteiger partial charge in [-0.15, -0.1) is 11.3 Å². The van der Waals surface area contributed by atoms with E-state index in [0.29, 0.717) is 16.6 Å². The number of ether oxygens (including phenoxy) is 1. The molecule has 0 bridgehead atoms. The number of nitrogens with zero attached hydrogens (tertiary/aromatic N) is 1. The Morgan fingerprint density at radius 1 is 1.22 bits per heavy atom. The molecule has 1 unspecified atom stereocenters. The van der Waals surface area contributed by atoms with Crippen LogP contribution in [0.25, 0.3) is 10.1 Å². The van der Waals surface area contributed by atoms with Crippen molar-refractivity contribution >= 4 is 44.9 Å². The number of esters is 1. The van der Waals surface area contributed by atoms with Crippen molar-refractivity contribution in [3.05, 3.63) is 69.8 Å². The minimum atomic E-state index is -0.968. The maximum absolute atomic E-state index is 13.4. The summed E-state index contributed by atoms with van der Waals surface area (Å²) >= 11 is 7.27. The molecule has 0 spiro atoms. The van der Waals surface area contributed by atoms with E-state index in [1.165, 1.54) is 30.0 Å². The maximum atomic E-state index is 13.4. The number of hydrogen-bond donors (Lipinski definition) is 0. The predicted octanol–water partition coefficient (Wildman–Crippen LogP) is 4.90. The number of likely N-dealkylation sites (N-methyl/N-ethyl adjacent to an activating group) is 1. The molecule has 3 rings (SSSR count). The SMILES string of the molecule is CC(OC(=O)c1sc2cc(F)ccc2c1Cl)C(=O)N(C)Cc1ccccc1. The number of amides is 1. The molecule has 0 aliphatic rings. The predicted molar refractivity (Wildman–Crippen MR) is 105 cm³/mol. The highest BCUT2D eigenvalue weighted by Crippen LogP contribution is 2.36. The molecule has 1 heterocycles. The minimum Gasteiger partial charge on any atom is -0.448 e. The van der Waals surface area contributed by atoms with Crippen LogP contribution in [0.1, 0.15) is 22.2 Å². The lowest BCUT2D eigenvalue weighted by Gasteiger charge is -2.21. The lowest BCUT2D eigenvalue weighted by Crippen LogP contribution is -2.37. The van der Waals surface area contributed by atoms with E-state index < -0.39 is 17.9 Å². The Bertz CT molecular complexity index is 990. The molecule has 0 radical (unpaired) electrons. The van der Waals surface area contributed by atoms with E-state index in [9.17, 15) is 14.0 Å². The van der Waals surface area contributed by atoms with Crippen LogP contribution >= 0.6 is 22.9 Å². The summed E-state index contributed by atoms with van der Waals surface area (Å²) in [6, 6.07) is 13.6. The van der Waals surface area contributed by atoms with Gasteiger partial charge < -0.3 is 9.64 Å². The van der Waals surface area contributed by atoms with Crippen molar-refractivity contribution in [1.82, 2.24) is 4.90 Å². The van der Waals surface area contributed by atoms with E-state index in [1.54, 1.807) is 7.05 Å². The first-order chi connectivity index (χ1) is 12.9. The second kappa shape index (κ2) is 8.06. The summed E-state index contributed by atoms with van der Waals surface area (Å²) in [6.07, 6.45) is -0.968. The molecule has 0 saturated heterocycles. The number of carbonyl (C=O) groups excluding carboxylic acids is 2. The van der Waals surface area contributed by atoms with Crippen LogP contribution in [0.5, 0.6) is 0 Å². The molecule has 1 atom stereocenters. The van der Waals surface area contributed by atoms with Gasteiger partial charge in [0.15, 0.2) is 6.10 Å². The van der Waals surface area contributed by atoms with Gasteiger partial charge in [-0.2, -0.15) is 0 Å². The summed E-state index contributed by atoms with van der Waals surface area (Å²) in [5.41, 5.74) is 0.974. The average molecular weight is 406 g/mol. The Morgan fingerprint density at radius 3 is 2.63 bits per heavy atom. The lowest BCUT2D eigenvalue weighted by molar-refractivity contribution is -0.139. The molecular formula is C20H17ClFNO3S. The van der Waals surface area contributed by atoms with Crippen molar-refractivity contribution in [3.8, 4) is 0 Å². The molecule has 0 aliphatic heterocycles. The molecule has 0 aliphatic carbocycles. The lowest BCUT2D eigenvalue weighted by atomic mass is 10.2. The summed E-state index contributed by atoms with van der Waals surface area (Å²) in [5, 5.41) is 0.785. The topological polar surface area (TPSA) is 46.6 Å². The summed E-state index contributed by atoms with van der Waals surface area (Å²) in [7, 11) is 1.65. The zero-order valence-electron chi connectivity index (χ0n) is 14.7. The first-order valence-corrected chi connectivity index (χ1v) is 9.43. The Labute approximate surface area is 165 Å². The second-order valence-corrected chi connectivity index (χ2v) is 7.54. The molecular weight excluding hydrogens is 389 g/mol. The number of rotatable bonds is 5. The summed E-state index contributed by atoms with van der Waals surface area (Å²) in [4.78, 5) is 26.6. The number of hydrogen-bond acceptors (Lipinski definition) is 4. The molecule has 4 nitrogen and oxygen atoms in total. The molecule has 0 fully saturated rings. The Kier molecular flexibility index (Phi) is 5.77. The molecule has 140 valence electrons. The van der Waals surface area contributed by atoms with Gasteiger partial charge in [0.2, 0.25) is 0 Å². The van der Waals surface area contributed by atoms with Crippen molar-refractivity contribution in [2.75, 3.05) is 7.05 Å². The highest BCUT2D eigenvalue weighted by Gasteiger charge is 2.25. The zero-order chi connectivity index (χ0) is 19.6. The van der Waals surface area contributed by atoms with Crippen molar-refractivity contribution in [1.29, 1.82) is 0 Å². The largest absolute Gasteiger partial charge is 0.448 e. The van der Waals surface area contributed by atoms with Gasteiger partial charge in [-0.3, -0.25) is 4.79 Å². The van der Waals surface area contributed by atoms with Gasteiger partial charge >= 0.3 is 5.97 Å². The van der Waals surface area contributed by atoms with Gasteiger partial charge in [-0.05, 0) is 30.7 Å². The standard InChI is InChI=1S/C20H17ClFNO3S/c1-12(19(24)23(2)11-13-6-4-3-5-7-13)26-20(25)18-17(21)15-9-8-14(22)10-16(15)27-18/h3-10,12H,11H2,1-2H3. The average Bonchev–Trinajstić information content (AvgIpc) is 2.97. The van der Waals surface area contributed by atoms with E-state index in [0.717, 1.165) is 16.9 Å². The van der Waals surface area contributed by atoms with Crippen molar-refractivity contribution in [2.24, 2.45) is 0 Å². The second-order valence-electron chi connectivity index (χ2n) is 6.11. The molecule has 2 aromatic carbocycles. The van der Waals surface area contributed by atoms with E-state index in [4.69, 9.17) is 16.3 Å². The van der Waals surface area contributed by atoms with Gasteiger partial charge in [-0.25, -0.2) is 9.18 Å². The van der Waals surface area contributed by atoms with Gasteiger partial charge in [0.1, 0.15) is 10.7 Å². The molecule has 1 amide bonds. The van der Waals surface area contributed by atoms with Gasteiger partial charge in [0.05, 0.1) is 5.02 Å². The first kappa shape index (κ1) is 19.3. The highest BCUT2D eigenvalue weighted by atomic mass is 35.5. The van der Waals surface area contributed by atoms with Crippen molar-refractivity contribution in [2.45, 2.75) is 19.6 Å². The van der Waals surface area contributed by atoms with Crippen LogP contribution in [0.15, 0.2) is 48.5 Å². The van der Waals surface area contributed by atoms with Crippen molar-refractivity contribution in [3.63, 3.8) is 0 Å². The molecule has 0 saturated carbocycles. The maximum Gasteiger partial charge on any atom is 0.350 e. The molecule has 27 heavy (non-hydrogen) atoms. The third-order valence-corrected chi connectivity index (χ3v) is 5.68. The molecule has 3 aromatic rings. The Morgan fingerprint density at radius 2 is 1.93 bits per heavy atom. The Balaban J connectivity index is 1.70. The van der Waals surface area contributed by atoms with Crippen LogP contribution in [0.4, 0.5) is 4.39 Å². The monoisotopic (exact) mass is 405 g/mol. The number of benzene rings is 2. The van der Waals surface area contributed by atoms with Gasteiger partial charge in [-0.1, -0.05) is 41.9 Å². The smallest absolute Gasteiger partial charge is 0.350 e. The first-order valence-electron chi connectivity index (χ1n) is 8.24. The van der Waals surface area contributed by atoms with Crippen LogP contribution < -0.4 is 0 Å². The minimum absolute atomic E-state index is 0.155. The number of fused-ring (bicyclic) bond motifs is 1. The van der Waals surface area contributed by atoms with Crippen LogP contribution in [0.2, 0.25) is 5.02 Å². The third kappa shape index (κ3) is 4.28. The fourth-order valence-electron chi connectivity index (χ4n) is 2.68. The van der Waals surface area contributed by atoms with Crippen LogP contribution in [-0.4, -0.2) is 29.9 Å². The summed E-state index contributed by atoms with van der Waals surface area (Å²) < 4.78 is 19.2. The van der Waals surface area contributed by atoms with E-state index in [2.05, 4.69) is 0 Å². The quantitative estimate of drug-likeness (QED) is 0.567. The van der Waals surface area contributed by atoms with Gasteiger partial charge in [0.25, 0.3) is 5.91 Å². The van der Waals surface area contributed by atoms with Crippen LogP contribution in [0, 0.1) is 5.82 Å². The number of thiophene rings is 1. The summed E-state index contributed by atoms with van der Waals surface area (Å²) in [5.74, 6) is -1.43. The van der Waals surface area contributed by atoms with E-state index in [-0.39, 0.29) is 15.8 Å². The fraction of sp³-hybridized carbons (Fsp3) is 0.200. The molecule has 1 aromatic heterocycles. The van der Waals surface area contributed by atoms with Crippen LogP contribution in [-0.2, 0) is 16.1 Å². The van der Waals surface area contributed by atoms with Crippen LogP contribution in [0.3, 0.4) is 0 Å². The molecule has 0 N–H and O–H groups in total. The zero-order valence-corrected chi connectivity index (χ0v) is 16.3. The van der Waals surface area contributed by atoms with E-state index in [1.807, 2.05) is 30.3 Å².